The van der Waals surface area contributed by atoms with Crippen LogP contribution in [0.1, 0.15) is 35.4 Å². The highest BCUT2D eigenvalue weighted by molar-refractivity contribution is 6.83. The van der Waals surface area contributed by atoms with E-state index in [-0.39, 0.29) is 5.91 Å². The van der Waals surface area contributed by atoms with E-state index in [9.17, 15) is 9.59 Å². The first-order chi connectivity index (χ1) is 13.4. The summed E-state index contributed by atoms with van der Waals surface area (Å²) in [5.74, 6) is 0.743. The van der Waals surface area contributed by atoms with Gasteiger partial charge in [-0.2, -0.15) is 0 Å². The molecule has 0 saturated carbocycles. The lowest BCUT2D eigenvalue weighted by Crippen LogP contribution is -2.41. The molecule has 0 unspecified atom stereocenters. The minimum absolute atomic E-state index is 0.204. The van der Waals surface area contributed by atoms with Crippen LogP contribution in [0, 0.1) is 0 Å². The fraction of sp³-hybridized carbons (Fsp3) is 0.435. The number of carbonyl (C=O) groups is 1. The number of amides is 1. The number of hydrogen-bond acceptors (Lipinski definition) is 3. The predicted octanol–water partition coefficient (Wildman–Crippen LogP) is 2.76. The third-order valence-corrected chi connectivity index (χ3v) is 7.41. The topological polar surface area (TPSA) is 52.6 Å². The summed E-state index contributed by atoms with van der Waals surface area (Å²) in [5, 5.41) is 4.21. The predicted molar refractivity (Wildman–Crippen MR) is 117 cm³/mol. The van der Waals surface area contributed by atoms with Crippen molar-refractivity contribution in [2.24, 2.45) is 0 Å². The van der Waals surface area contributed by atoms with Crippen LogP contribution in [0.3, 0.4) is 0 Å². The lowest BCUT2D eigenvalue weighted by atomic mass is 9.88. The van der Waals surface area contributed by atoms with E-state index in [1.54, 1.807) is 0 Å². The van der Waals surface area contributed by atoms with Gasteiger partial charge in [0.25, 0.3) is 0 Å². The van der Waals surface area contributed by atoms with Gasteiger partial charge in [0.2, 0.25) is 14.2 Å². The highest BCUT2D eigenvalue weighted by Crippen LogP contribution is 2.28. The first-order valence-corrected chi connectivity index (χ1v) is 13.1. The van der Waals surface area contributed by atoms with Crippen LogP contribution in [-0.2, 0) is 17.8 Å². The molecular weight excluding hydrogens is 364 g/mol. The van der Waals surface area contributed by atoms with Crippen LogP contribution in [0.2, 0.25) is 13.1 Å². The Balaban J connectivity index is 1.54. The number of rotatable bonds is 6. The Labute approximate surface area is 169 Å². The SMILES string of the molecule is CNCc1cccc(C2CCN(C(=O)Cc3ccc([Si](C)(C)O)cc3)CC2)c1. The number of nitrogens with zero attached hydrogens (tertiary/aromatic N) is 1. The zero-order valence-corrected chi connectivity index (χ0v) is 18.2. The molecule has 1 saturated heterocycles. The standard InChI is InChI=1S/C23H32N2O2Si/c1-24-17-19-5-4-6-21(15-19)20-11-13-25(14-12-20)23(26)16-18-7-9-22(10-8-18)28(2,3)27/h4-10,15,20,24,27H,11-14,16-17H2,1-3H3. The molecule has 5 heteroatoms. The van der Waals surface area contributed by atoms with E-state index in [0.29, 0.717) is 12.3 Å². The summed E-state index contributed by atoms with van der Waals surface area (Å²) < 4.78 is 0. The van der Waals surface area contributed by atoms with Gasteiger partial charge in [-0.15, -0.1) is 0 Å². The van der Waals surface area contributed by atoms with Gasteiger partial charge < -0.3 is 15.0 Å². The third-order valence-electron chi connectivity index (χ3n) is 5.67. The van der Waals surface area contributed by atoms with E-state index in [1.165, 1.54) is 11.1 Å². The van der Waals surface area contributed by atoms with E-state index in [0.717, 1.165) is 43.2 Å². The van der Waals surface area contributed by atoms with Gasteiger partial charge in [-0.25, -0.2) is 0 Å². The largest absolute Gasteiger partial charge is 0.428 e. The summed E-state index contributed by atoms with van der Waals surface area (Å²) >= 11 is 0. The van der Waals surface area contributed by atoms with Gasteiger partial charge in [0.05, 0.1) is 6.42 Å². The molecule has 0 bridgehead atoms. The third kappa shape index (κ3) is 5.31. The second-order valence-corrected chi connectivity index (χ2v) is 12.1. The minimum atomic E-state index is -2.28. The summed E-state index contributed by atoms with van der Waals surface area (Å²) in [6.07, 6.45) is 2.49. The Bertz CT molecular complexity index is 791. The average molecular weight is 397 g/mol. The molecule has 1 fully saturated rings. The summed E-state index contributed by atoms with van der Waals surface area (Å²) in [5.41, 5.74) is 3.73. The van der Waals surface area contributed by atoms with Crippen molar-refractivity contribution < 1.29 is 9.59 Å². The van der Waals surface area contributed by atoms with Crippen LogP contribution in [-0.4, -0.2) is 44.1 Å². The van der Waals surface area contributed by atoms with Gasteiger partial charge in [-0.05, 0) is 60.8 Å². The Hall–Kier alpha value is -1.95. The van der Waals surface area contributed by atoms with E-state index < -0.39 is 8.32 Å². The summed E-state index contributed by atoms with van der Waals surface area (Å²) in [7, 11) is -0.308. The number of nitrogens with one attached hydrogen (secondary N) is 1. The van der Waals surface area contributed by atoms with E-state index in [4.69, 9.17) is 0 Å². The van der Waals surface area contributed by atoms with Crippen molar-refractivity contribution in [1.29, 1.82) is 0 Å². The fourth-order valence-electron chi connectivity index (χ4n) is 3.94. The number of carbonyl (C=O) groups excluding carboxylic acids is 1. The molecule has 2 aromatic rings. The van der Waals surface area contributed by atoms with Gasteiger partial charge >= 0.3 is 0 Å². The number of hydrogen-bond donors (Lipinski definition) is 2. The molecular formula is C23H32N2O2Si. The lowest BCUT2D eigenvalue weighted by Gasteiger charge is -2.32. The maximum Gasteiger partial charge on any atom is 0.226 e. The molecule has 0 atom stereocenters. The molecule has 0 spiro atoms. The summed E-state index contributed by atoms with van der Waals surface area (Å²) in [4.78, 5) is 24.9. The zero-order valence-electron chi connectivity index (χ0n) is 17.2. The molecule has 4 nitrogen and oxygen atoms in total. The molecule has 0 radical (unpaired) electrons. The first kappa shape index (κ1) is 20.8. The van der Waals surface area contributed by atoms with Crippen molar-refractivity contribution in [3.8, 4) is 0 Å². The second-order valence-electron chi connectivity index (χ2n) is 8.36. The monoisotopic (exact) mass is 396 g/mol. The van der Waals surface area contributed by atoms with Crippen LogP contribution in [0.5, 0.6) is 0 Å². The Kier molecular flexibility index (Phi) is 6.70. The average Bonchev–Trinajstić information content (AvgIpc) is 2.68. The highest BCUT2D eigenvalue weighted by atomic mass is 28.4. The maximum atomic E-state index is 12.7. The lowest BCUT2D eigenvalue weighted by molar-refractivity contribution is -0.131. The zero-order chi connectivity index (χ0) is 20.1. The molecule has 1 aliphatic heterocycles. The molecule has 1 heterocycles. The fourth-order valence-corrected chi connectivity index (χ4v) is 4.92. The van der Waals surface area contributed by atoms with Gasteiger partial charge in [0.15, 0.2) is 0 Å². The molecule has 2 N–H and O–H groups in total. The molecule has 1 amide bonds. The Morgan fingerprint density at radius 3 is 2.39 bits per heavy atom. The second kappa shape index (κ2) is 9.03. The maximum absolute atomic E-state index is 12.7. The highest BCUT2D eigenvalue weighted by Gasteiger charge is 2.24. The van der Waals surface area contributed by atoms with Crippen LogP contribution < -0.4 is 10.5 Å². The first-order valence-electron chi connectivity index (χ1n) is 10.2. The van der Waals surface area contributed by atoms with Crippen molar-refractivity contribution in [2.75, 3.05) is 20.1 Å². The number of piperidine rings is 1. The molecule has 3 rings (SSSR count). The normalized spacial score (nSPS) is 15.6. The van der Waals surface area contributed by atoms with E-state index in [2.05, 4.69) is 29.6 Å². The Morgan fingerprint density at radius 2 is 1.79 bits per heavy atom. The van der Waals surface area contributed by atoms with Gasteiger partial charge in [-0.3, -0.25) is 4.79 Å². The Morgan fingerprint density at radius 1 is 1.11 bits per heavy atom. The van der Waals surface area contributed by atoms with E-state index in [1.807, 2.05) is 49.3 Å². The molecule has 2 aromatic carbocycles. The van der Waals surface area contributed by atoms with Crippen LogP contribution >= 0.6 is 0 Å². The summed E-state index contributed by atoms with van der Waals surface area (Å²) in [6, 6.07) is 16.7. The number of benzene rings is 2. The quantitative estimate of drug-likeness (QED) is 0.738. The van der Waals surface area contributed by atoms with Gasteiger partial charge in [0, 0.05) is 19.6 Å². The molecule has 1 aliphatic rings. The molecule has 0 aromatic heterocycles. The van der Waals surface area contributed by atoms with Crippen LogP contribution in [0.25, 0.3) is 0 Å². The van der Waals surface area contributed by atoms with Crippen molar-refractivity contribution in [1.82, 2.24) is 10.2 Å². The molecule has 28 heavy (non-hydrogen) atoms. The van der Waals surface area contributed by atoms with Crippen LogP contribution in [0.4, 0.5) is 0 Å². The van der Waals surface area contributed by atoms with Crippen molar-refractivity contribution in [3.05, 3.63) is 65.2 Å². The summed E-state index contributed by atoms with van der Waals surface area (Å²) in [6.45, 7) is 6.36. The smallest absolute Gasteiger partial charge is 0.226 e. The molecule has 150 valence electrons. The minimum Gasteiger partial charge on any atom is -0.428 e. The van der Waals surface area contributed by atoms with Crippen molar-refractivity contribution in [3.63, 3.8) is 0 Å². The number of likely N-dealkylation sites (tertiary alicyclic amines) is 1. The van der Waals surface area contributed by atoms with E-state index >= 15 is 0 Å². The molecule has 0 aliphatic carbocycles. The van der Waals surface area contributed by atoms with Crippen LogP contribution in [0.15, 0.2) is 48.5 Å². The van der Waals surface area contributed by atoms with Gasteiger partial charge in [-0.1, -0.05) is 48.5 Å². The van der Waals surface area contributed by atoms with Crippen molar-refractivity contribution >= 4 is 19.4 Å². The van der Waals surface area contributed by atoms with Crippen molar-refractivity contribution in [2.45, 2.75) is 44.8 Å². The van der Waals surface area contributed by atoms with Gasteiger partial charge in [0.1, 0.15) is 0 Å².